The second-order valence-electron chi connectivity index (χ2n) is 4.52. The monoisotopic (exact) mass is 308 g/mol. The summed E-state index contributed by atoms with van der Waals surface area (Å²) in [6, 6.07) is 4.08. The van der Waals surface area contributed by atoms with Crippen molar-refractivity contribution >= 4 is 17.2 Å². The van der Waals surface area contributed by atoms with Gasteiger partial charge >= 0.3 is 0 Å². The maximum Gasteiger partial charge on any atom is 0.221 e. The molecular formula is C14H20N4O2S. The second-order valence-corrected chi connectivity index (χ2v) is 5.46. The van der Waals surface area contributed by atoms with Gasteiger partial charge in [-0.25, -0.2) is 0 Å². The first kappa shape index (κ1) is 15.7. The van der Waals surface area contributed by atoms with Gasteiger partial charge in [-0.3, -0.25) is 9.89 Å². The molecule has 0 saturated heterocycles. The highest BCUT2D eigenvalue weighted by molar-refractivity contribution is 7.13. The fourth-order valence-corrected chi connectivity index (χ4v) is 2.64. The average Bonchev–Trinajstić information content (AvgIpc) is 3.14. The van der Waals surface area contributed by atoms with Crippen molar-refractivity contribution in [2.75, 3.05) is 26.8 Å². The number of thiophene rings is 1. The first-order chi connectivity index (χ1) is 10.3. The van der Waals surface area contributed by atoms with Gasteiger partial charge in [0.25, 0.3) is 0 Å². The number of carbonyl (C=O) groups is 1. The van der Waals surface area contributed by atoms with Crippen LogP contribution in [0.3, 0.4) is 0 Å². The number of rotatable bonds is 9. The number of methoxy groups -OCH3 is 1. The van der Waals surface area contributed by atoms with E-state index >= 15 is 0 Å². The molecule has 0 unspecified atom stereocenters. The molecule has 0 aliphatic heterocycles. The summed E-state index contributed by atoms with van der Waals surface area (Å²) in [4.78, 5) is 12.7. The highest BCUT2D eigenvalue weighted by Gasteiger charge is 2.08. The first-order valence-corrected chi connectivity index (χ1v) is 7.71. The molecule has 0 saturated carbocycles. The van der Waals surface area contributed by atoms with Gasteiger partial charge in [-0.05, 0) is 11.4 Å². The van der Waals surface area contributed by atoms with Crippen molar-refractivity contribution in [3.8, 4) is 10.6 Å². The van der Waals surface area contributed by atoms with Crippen LogP contribution in [0.5, 0.6) is 0 Å². The van der Waals surface area contributed by atoms with Gasteiger partial charge in [0.15, 0.2) is 0 Å². The van der Waals surface area contributed by atoms with E-state index in [1.807, 2.05) is 17.6 Å². The predicted octanol–water partition coefficient (Wildman–Crippen LogP) is 1.38. The zero-order chi connectivity index (χ0) is 14.9. The Morgan fingerprint density at radius 2 is 2.38 bits per heavy atom. The van der Waals surface area contributed by atoms with Crippen molar-refractivity contribution in [2.24, 2.45) is 0 Å². The van der Waals surface area contributed by atoms with Gasteiger partial charge in [-0.1, -0.05) is 6.07 Å². The van der Waals surface area contributed by atoms with Crippen LogP contribution in [0.2, 0.25) is 0 Å². The SMILES string of the molecule is COCCNC(=O)CCNCc1cn[nH]c1-c1cccs1. The van der Waals surface area contributed by atoms with Crippen molar-refractivity contribution in [3.05, 3.63) is 29.3 Å². The molecule has 1 amide bonds. The molecule has 6 nitrogen and oxygen atoms in total. The third-order valence-electron chi connectivity index (χ3n) is 2.96. The molecule has 0 bridgehead atoms. The molecule has 2 aromatic rings. The standard InChI is InChI=1S/C14H20N4O2S/c1-20-7-6-16-13(19)4-5-15-9-11-10-17-18-14(11)12-3-2-8-21-12/h2-3,8,10,15H,4-7,9H2,1H3,(H,16,19)(H,17,18). The molecule has 0 atom stereocenters. The van der Waals surface area contributed by atoms with Crippen molar-refractivity contribution in [2.45, 2.75) is 13.0 Å². The number of ether oxygens (including phenoxy) is 1. The van der Waals surface area contributed by atoms with Crippen LogP contribution in [0.25, 0.3) is 10.6 Å². The molecule has 3 N–H and O–H groups in total. The van der Waals surface area contributed by atoms with E-state index in [-0.39, 0.29) is 5.91 Å². The van der Waals surface area contributed by atoms with Crippen LogP contribution in [-0.4, -0.2) is 42.9 Å². The highest BCUT2D eigenvalue weighted by Crippen LogP contribution is 2.25. The number of aromatic amines is 1. The lowest BCUT2D eigenvalue weighted by molar-refractivity contribution is -0.121. The van der Waals surface area contributed by atoms with Gasteiger partial charge in [-0.2, -0.15) is 5.10 Å². The van der Waals surface area contributed by atoms with Gasteiger partial charge in [0.1, 0.15) is 0 Å². The minimum Gasteiger partial charge on any atom is -0.383 e. The largest absolute Gasteiger partial charge is 0.383 e. The fraction of sp³-hybridized carbons (Fsp3) is 0.429. The average molecular weight is 308 g/mol. The summed E-state index contributed by atoms with van der Waals surface area (Å²) in [6.45, 7) is 2.42. The van der Waals surface area contributed by atoms with Crippen LogP contribution in [0.1, 0.15) is 12.0 Å². The zero-order valence-electron chi connectivity index (χ0n) is 12.0. The Morgan fingerprint density at radius 1 is 1.48 bits per heavy atom. The van der Waals surface area contributed by atoms with E-state index in [0.717, 1.165) is 11.3 Å². The molecule has 114 valence electrons. The Kier molecular flexibility index (Phi) is 6.39. The van der Waals surface area contributed by atoms with E-state index < -0.39 is 0 Å². The summed E-state index contributed by atoms with van der Waals surface area (Å²) in [6.07, 6.45) is 2.27. The summed E-state index contributed by atoms with van der Waals surface area (Å²) in [5.41, 5.74) is 2.15. The number of amides is 1. The van der Waals surface area contributed by atoms with Gasteiger partial charge < -0.3 is 15.4 Å². The Labute approximate surface area is 127 Å². The molecule has 7 heteroatoms. The van der Waals surface area contributed by atoms with E-state index in [9.17, 15) is 4.79 Å². The normalized spacial score (nSPS) is 10.7. The van der Waals surface area contributed by atoms with Gasteiger partial charge in [-0.15, -0.1) is 11.3 Å². The molecule has 0 aliphatic carbocycles. The zero-order valence-corrected chi connectivity index (χ0v) is 12.8. The number of nitrogens with zero attached hydrogens (tertiary/aromatic N) is 1. The number of hydrogen-bond donors (Lipinski definition) is 3. The minimum atomic E-state index is 0.0326. The maximum atomic E-state index is 11.5. The smallest absolute Gasteiger partial charge is 0.221 e. The van der Waals surface area contributed by atoms with Crippen molar-refractivity contribution in [1.82, 2.24) is 20.8 Å². The van der Waals surface area contributed by atoms with Gasteiger partial charge in [0, 0.05) is 38.7 Å². The Hall–Kier alpha value is -1.70. The lowest BCUT2D eigenvalue weighted by atomic mass is 10.2. The van der Waals surface area contributed by atoms with Gasteiger partial charge in [0.2, 0.25) is 5.91 Å². The summed E-state index contributed by atoms with van der Waals surface area (Å²) in [5, 5.41) is 15.2. The first-order valence-electron chi connectivity index (χ1n) is 6.83. The van der Waals surface area contributed by atoms with Crippen LogP contribution < -0.4 is 10.6 Å². The van der Waals surface area contributed by atoms with E-state index in [1.54, 1.807) is 18.4 Å². The van der Waals surface area contributed by atoms with E-state index in [1.165, 1.54) is 4.88 Å². The molecule has 2 aromatic heterocycles. The van der Waals surface area contributed by atoms with E-state index in [2.05, 4.69) is 26.9 Å². The predicted molar refractivity (Wildman–Crippen MR) is 83.1 cm³/mol. The lowest BCUT2D eigenvalue weighted by Crippen LogP contribution is -2.29. The van der Waals surface area contributed by atoms with Crippen LogP contribution in [0.4, 0.5) is 0 Å². The molecule has 21 heavy (non-hydrogen) atoms. The Morgan fingerprint density at radius 3 is 3.14 bits per heavy atom. The molecule has 0 aromatic carbocycles. The van der Waals surface area contributed by atoms with Crippen molar-refractivity contribution in [1.29, 1.82) is 0 Å². The van der Waals surface area contributed by atoms with Crippen LogP contribution in [-0.2, 0) is 16.1 Å². The molecule has 2 heterocycles. The van der Waals surface area contributed by atoms with E-state index in [0.29, 0.717) is 32.7 Å². The maximum absolute atomic E-state index is 11.5. The molecule has 0 radical (unpaired) electrons. The van der Waals surface area contributed by atoms with Gasteiger partial charge in [0.05, 0.1) is 23.4 Å². The Balaban J connectivity index is 1.70. The minimum absolute atomic E-state index is 0.0326. The van der Waals surface area contributed by atoms with E-state index in [4.69, 9.17) is 4.74 Å². The number of carbonyl (C=O) groups excluding carboxylic acids is 1. The number of H-pyrrole nitrogens is 1. The van der Waals surface area contributed by atoms with Crippen LogP contribution in [0, 0.1) is 0 Å². The number of nitrogens with one attached hydrogen (secondary N) is 3. The summed E-state index contributed by atoms with van der Waals surface area (Å²) in [5.74, 6) is 0.0326. The molecule has 0 fully saturated rings. The third kappa shape index (κ3) is 4.96. The summed E-state index contributed by atoms with van der Waals surface area (Å²) < 4.78 is 4.88. The molecule has 2 rings (SSSR count). The van der Waals surface area contributed by atoms with Crippen LogP contribution in [0.15, 0.2) is 23.7 Å². The fourth-order valence-electron chi connectivity index (χ4n) is 1.89. The number of hydrogen-bond acceptors (Lipinski definition) is 5. The summed E-state index contributed by atoms with van der Waals surface area (Å²) >= 11 is 1.68. The Bertz CT molecular complexity index is 539. The summed E-state index contributed by atoms with van der Waals surface area (Å²) in [7, 11) is 1.61. The lowest BCUT2D eigenvalue weighted by Gasteiger charge is -2.06. The number of aromatic nitrogens is 2. The topological polar surface area (TPSA) is 79.0 Å². The molecule has 0 aliphatic rings. The second kappa shape index (κ2) is 8.56. The molecule has 0 spiro atoms. The van der Waals surface area contributed by atoms with Crippen molar-refractivity contribution < 1.29 is 9.53 Å². The highest BCUT2D eigenvalue weighted by atomic mass is 32.1. The van der Waals surface area contributed by atoms with Crippen molar-refractivity contribution in [3.63, 3.8) is 0 Å². The third-order valence-corrected chi connectivity index (χ3v) is 3.85. The molecular weight excluding hydrogens is 288 g/mol. The quantitative estimate of drug-likeness (QED) is 0.612. The van der Waals surface area contributed by atoms with Crippen LogP contribution >= 0.6 is 11.3 Å².